The maximum atomic E-state index is 4.22. The molecule has 2 aromatic rings. The zero-order valence-corrected chi connectivity index (χ0v) is 7.41. The number of aromatic nitrogens is 1. The number of hydrogen-bond donors (Lipinski definition) is 0. The van der Waals surface area contributed by atoms with Gasteiger partial charge < -0.3 is 0 Å². The molecular formula is C12H9N. The van der Waals surface area contributed by atoms with Crippen LogP contribution in [0.5, 0.6) is 0 Å². The Bertz CT molecular complexity index is 489. The maximum absolute atomic E-state index is 4.22. The number of nitrogens with zero attached hydrogens (tertiary/aromatic N) is 1. The van der Waals surface area contributed by atoms with Crippen molar-refractivity contribution in [3.05, 3.63) is 42.2 Å². The molecule has 62 valence electrons. The Labute approximate surface area is 77.4 Å². The van der Waals surface area contributed by atoms with E-state index in [1.165, 1.54) is 5.39 Å². The molecule has 13 heavy (non-hydrogen) atoms. The molecule has 0 bridgehead atoms. The van der Waals surface area contributed by atoms with E-state index in [1.807, 2.05) is 37.4 Å². The van der Waals surface area contributed by atoms with Crippen molar-refractivity contribution in [3.63, 3.8) is 0 Å². The number of pyridine rings is 1. The third kappa shape index (κ3) is 1.52. The number of fused-ring (bicyclic) bond motifs is 1. The molecule has 0 fully saturated rings. The SMILES string of the molecule is CC#Cc1cc2ccccc2cn1. The molecule has 0 saturated heterocycles. The van der Waals surface area contributed by atoms with E-state index >= 15 is 0 Å². The van der Waals surface area contributed by atoms with Crippen LogP contribution >= 0.6 is 0 Å². The molecule has 0 saturated carbocycles. The molecule has 0 aliphatic carbocycles. The summed E-state index contributed by atoms with van der Waals surface area (Å²) in [5, 5.41) is 2.35. The molecule has 0 amide bonds. The van der Waals surface area contributed by atoms with Crippen LogP contribution in [0.15, 0.2) is 36.5 Å². The molecule has 0 radical (unpaired) electrons. The van der Waals surface area contributed by atoms with Crippen LogP contribution in [0.25, 0.3) is 10.8 Å². The number of benzene rings is 1. The van der Waals surface area contributed by atoms with Crippen molar-refractivity contribution >= 4 is 10.8 Å². The number of rotatable bonds is 0. The second kappa shape index (κ2) is 3.28. The van der Waals surface area contributed by atoms with Crippen LogP contribution in [0.4, 0.5) is 0 Å². The lowest BCUT2D eigenvalue weighted by atomic mass is 10.1. The third-order valence-corrected chi connectivity index (χ3v) is 1.88. The van der Waals surface area contributed by atoms with Crippen LogP contribution in [-0.4, -0.2) is 4.98 Å². The topological polar surface area (TPSA) is 12.9 Å². The highest BCUT2D eigenvalue weighted by Gasteiger charge is 1.92. The molecule has 0 aliphatic rings. The summed E-state index contributed by atoms with van der Waals surface area (Å²) in [5.41, 5.74) is 0.834. The lowest BCUT2D eigenvalue weighted by Crippen LogP contribution is -1.81. The molecule has 0 N–H and O–H groups in total. The summed E-state index contributed by atoms with van der Waals surface area (Å²) in [6.45, 7) is 1.82. The van der Waals surface area contributed by atoms with Gasteiger partial charge in [-0.2, -0.15) is 0 Å². The van der Waals surface area contributed by atoms with Crippen molar-refractivity contribution in [1.82, 2.24) is 4.98 Å². The van der Waals surface area contributed by atoms with Crippen LogP contribution in [0.3, 0.4) is 0 Å². The Balaban J connectivity index is 2.66. The Hall–Kier alpha value is -1.81. The summed E-state index contributed by atoms with van der Waals surface area (Å²) in [5.74, 6) is 5.77. The van der Waals surface area contributed by atoms with E-state index < -0.39 is 0 Å². The quantitative estimate of drug-likeness (QED) is 0.549. The van der Waals surface area contributed by atoms with E-state index in [0.29, 0.717) is 0 Å². The fourth-order valence-corrected chi connectivity index (χ4v) is 1.28. The minimum atomic E-state index is 0.834. The molecule has 1 heteroatoms. The van der Waals surface area contributed by atoms with Gasteiger partial charge in [0.25, 0.3) is 0 Å². The third-order valence-electron chi connectivity index (χ3n) is 1.88. The van der Waals surface area contributed by atoms with Gasteiger partial charge in [-0.3, -0.25) is 0 Å². The van der Waals surface area contributed by atoms with E-state index in [2.05, 4.69) is 22.9 Å². The fourth-order valence-electron chi connectivity index (χ4n) is 1.28. The van der Waals surface area contributed by atoms with Gasteiger partial charge in [0.1, 0.15) is 5.69 Å². The minimum absolute atomic E-state index is 0.834. The predicted octanol–water partition coefficient (Wildman–Crippen LogP) is 2.61. The molecule has 1 heterocycles. The summed E-state index contributed by atoms with van der Waals surface area (Å²) in [6.07, 6.45) is 1.86. The molecule has 0 aliphatic heterocycles. The summed E-state index contributed by atoms with van der Waals surface area (Å²) < 4.78 is 0. The van der Waals surface area contributed by atoms with Crippen LogP contribution in [0, 0.1) is 11.8 Å². The van der Waals surface area contributed by atoms with E-state index in [0.717, 1.165) is 11.1 Å². The largest absolute Gasteiger partial charge is 0.247 e. The minimum Gasteiger partial charge on any atom is -0.247 e. The van der Waals surface area contributed by atoms with Crippen molar-refractivity contribution in [2.45, 2.75) is 6.92 Å². The van der Waals surface area contributed by atoms with Gasteiger partial charge in [0.2, 0.25) is 0 Å². The van der Waals surface area contributed by atoms with Crippen molar-refractivity contribution in [1.29, 1.82) is 0 Å². The van der Waals surface area contributed by atoms with Gasteiger partial charge in [0, 0.05) is 11.6 Å². The summed E-state index contributed by atoms with van der Waals surface area (Å²) in [7, 11) is 0. The van der Waals surface area contributed by atoms with Crippen LogP contribution in [0.1, 0.15) is 12.6 Å². The second-order valence-electron chi connectivity index (χ2n) is 2.79. The van der Waals surface area contributed by atoms with Gasteiger partial charge in [-0.1, -0.05) is 30.2 Å². The molecule has 1 aromatic heterocycles. The van der Waals surface area contributed by atoms with Crippen molar-refractivity contribution < 1.29 is 0 Å². The average Bonchev–Trinajstić information content (AvgIpc) is 2.18. The van der Waals surface area contributed by atoms with Gasteiger partial charge in [-0.25, -0.2) is 4.98 Å². The number of hydrogen-bond acceptors (Lipinski definition) is 1. The Morgan fingerprint density at radius 3 is 2.69 bits per heavy atom. The molecule has 0 atom stereocenters. The molecule has 0 spiro atoms. The molecule has 2 rings (SSSR count). The van der Waals surface area contributed by atoms with Crippen LogP contribution < -0.4 is 0 Å². The van der Waals surface area contributed by atoms with E-state index in [-0.39, 0.29) is 0 Å². The van der Waals surface area contributed by atoms with Gasteiger partial charge in [0.15, 0.2) is 0 Å². The molecular weight excluding hydrogens is 158 g/mol. The van der Waals surface area contributed by atoms with E-state index in [9.17, 15) is 0 Å². The highest BCUT2D eigenvalue weighted by atomic mass is 14.7. The Kier molecular flexibility index (Phi) is 1.97. The highest BCUT2D eigenvalue weighted by Crippen LogP contribution is 2.12. The fraction of sp³-hybridized carbons (Fsp3) is 0.0833. The first-order valence-corrected chi connectivity index (χ1v) is 4.18. The van der Waals surface area contributed by atoms with Crippen molar-refractivity contribution in [2.75, 3.05) is 0 Å². The highest BCUT2D eigenvalue weighted by molar-refractivity contribution is 5.82. The first kappa shape index (κ1) is 7.82. The summed E-state index contributed by atoms with van der Waals surface area (Å²) in [4.78, 5) is 4.22. The standard InChI is InChI=1S/C12H9N/c1-2-5-12-8-10-6-3-4-7-11(10)9-13-12/h3-4,6-9H,1H3. The lowest BCUT2D eigenvalue weighted by Gasteiger charge is -1.95. The molecule has 1 nitrogen and oxygen atoms in total. The molecule has 1 aromatic carbocycles. The summed E-state index contributed by atoms with van der Waals surface area (Å²) >= 11 is 0. The van der Waals surface area contributed by atoms with E-state index in [4.69, 9.17) is 0 Å². The predicted molar refractivity (Wildman–Crippen MR) is 54.3 cm³/mol. The zero-order chi connectivity index (χ0) is 9.10. The van der Waals surface area contributed by atoms with Crippen molar-refractivity contribution in [3.8, 4) is 11.8 Å². The van der Waals surface area contributed by atoms with Gasteiger partial charge in [-0.05, 0) is 24.3 Å². The second-order valence-corrected chi connectivity index (χ2v) is 2.79. The first-order valence-electron chi connectivity index (χ1n) is 4.18. The lowest BCUT2D eigenvalue weighted by molar-refractivity contribution is 1.32. The van der Waals surface area contributed by atoms with Gasteiger partial charge >= 0.3 is 0 Å². The van der Waals surface area contributed by atoms with Gasteiger partial charge in [-0.15, -0.1) is 0 Å². The monoisotopic (exact) mass is 167 g/mol. The zero-order valence-electron chi connectivity index (χ0n) is 7.41. The van der Waals surface area contributed by atoms with Crippen LogP contribution in [-0.2, 0) is 0 Å². The van der Waals surface area contributed by atoms with Gasteiger partial charge in [0.05, 0.1) is 0 Å². The van der Waals surface area contributed by atoms with Crippen LogP contribution in [0.2, 0.25) is 0 Å². The Morgan fingerprint density at radius 1 is 1.15 bits per heavy atom. The maximum Gasteiger partial charge on any atom is 0.113 e. The first-order chi connectivity index (χ1) is 6.40. The summed E-state index contributed by atoms with van der Waals surface area (Å²) in [6, 6.07) is 10.1. The normalized spacial score (nSPS) is 9.31. The average molecular weight is 167 g/mol. The molecule has 0 unspecified atom stereocenters. The van der Waals surface area contributed by atoms with Crippen molar-refractivity contribution in [2.24, 2.45) is 0 Å². The smallest absolute Gasteiger partial charge is 0.113 e. The Morgan fingerprint density at radius 2 is 1.92 bits per heavy atom. The van der Waals surface area contributed by atoms with E-state index in [1.54, 1.807) is 0 Å².